The van der Waals surface area contributed by atoms with E-state index in [0.717, 1.165) is 78.5 Å². The number of aryl methyl sites for hydroxylation is 11. The van der Waals surface area contributed by atoms with Gasteiger partial charge in [-0.25, -0.2) is 54.8 Å². The van der Waals surface area contributed by atoms with E-state index in [1.807, 2.05) is 285 Å². The second-order valence-electron chi connectivity index (χ2n) is 17.1. The van der Waals surface area contributed by atoms with Crippen molar-refractivity contribution in [1.82, 2.24) is 82.3 Å². The first-order valence-corrected chi connectivity index (χ1v) is 33.4. The van der Waals surface area contributed by atoms with Gasteiger partial charge in [-0.1, -0.05) is 137 Å². The maximum absolute atomic E-state index is 5.19. The Morgan fingerprint density at radius 3 is 1.39 bits per heavy atom. The zero-order valence-corrected chi connectivity index (χ0v) is 62.1. The molecule has 0 saturated heterocycles. The van der Waals surface area contributed by atoms with Crippen LogP contribution in [0.3, 0.4) is 0 Å². The third kappa shape index (κ3) is 27.2. The number of hydrogen-bond donors (Lipinski definition) is 0. The molecule has 19 heteroatoms. The predicted molar refractivity (Wildman–Crippen MR) is 395 cm³/mol. The standard InChI is InChI=1S/C10H12N2.2C8H9N3.C8H8N2.C7H7N3.C7H6N2O.C7H6N2S.9C2H6/c1-7-4-5-9-10(6-7)12(3)8(2)11-9;2*1-6-10-7-4-3-5-9-8(7)11(6)2;1-7-2-3-8-9-4-5-10(8)6-7;1-6-4-9-7-8-2-3-10(7)5-6;2*1-5-9-7-6(10-5)3-2-4-8-7;9*1-2/h4-6H,1-3H3;2*3-5H,1-2H3;2-6H,1H3;2-5H,1H3;2*2-4H,1H3;9*1-2H3. The fourth-order valence-corrected chi connectivity index (χ4v) is 8.18. The van der Waals surface area contributed by atoms with Crippen molar-refractivity contribution in [2.75, 3.05) is 0 Å². The van der Waals surface area contributed by atoms with Gasteiger partial charge in [-0.3, -0.25) is 4.40 Å². The molecule has 0 unspecified atom stereocenters. The second-order valence-corrected chi connectivity index (χ2v) is 18.4. The van der Waals surface area contributed by atoms with Crippen molar-refractivity contribution in [2.45, 2.75) is 180 Å². The zero-order chi connectivity index (χ0) is 70.3. The maximum Gasteiger partial charge on any atom is 0.233 e. The summed E-state index contributed by atoms with van der Waals surface area (Å²) in [6, 6.07) is 25.8. The number of imidazole rings is 5. The first-order valence-electron chi connectivity index (χ1n) is 32.6. The van der Waals surface area contributed by atoms with E-state index in [2.05, 4.69) is 109 Å². The Balaban J connectivity index is 0. The van der Waals surface area contributed by atoms with Gasteiger partial charge in [0.1, 0.15) is 34.2 Å². The molecule has 13 aromatic heterocycles. The highest BCUT2D eigenvalue weighted by Gasteiger charge is 2.05. The van der Waals surface area contributed by atoms with Gasteiger partial charge in [0.15, 0.2) is 34.1 Å². The maximum atomic E-state index is 5.19. The van der Waals surface area contributed by atoms with Crippen LogP contribution in [0.5, 0.6) is 0 Å². The molecule has 92 heavy (non-hydrogen) atoms. The fraction of sp³-hybridized carbons (Fsp3) is 0.397. The number of thiazole rings is 1. The molecule has 0 fully saturated rings. The Morgan fingerprint density at radius 1 is 0.380 bits per heavy atom. The summed E-state index contributed by atoms with van der Waals surface area (Å²) in [6.45, 7) is 51.9. The molecule has 0 saturated carbocycles. The molecule has 0 bridgehead atoms. The Hall–Kier alpha value is -9.10. The number of aromatic nitrogens is 17. The molecule has 0 aliphatic heterocycles. The summed E-state index contributed by atoms with van der Waals surface area (Å²) in [4.78, 5) is 50.0. The van der Waals surface area contributed by atoms with E-state index in [1.54, 1.807) is 48.5 Å². The smallest absolute Gasteiger partial charge is 0.233 e. The molecule has 14 rings (SSSR count). The summed E-state index contributed by atoms with van der Waals surface area (Å²) in [6.07, 6.45) is 20.3. The van der Waals surface area contributed by atoms with E-state index < -0.39 is 0 Å². The van der Waals surface area contributed by atoms with Crippen LogP contribution >= 0.6 is 11.3 Å². The van der Waals surface area contributed by atoms with Gasteiger partial charge in [0.05, 0.1) is 20.7 Å². The van der Waals surface area contributed by atoms with E-state index in [0.29, 0.717) is 11.5 Å². The van der Waals surface area contributed by atoms with Gasteiger partial charge in [-0.2, -0.15) is 4.98 Å². The predicted octanol–water partition coefficient (Wildman–Crippen LogP) is 20.2. The average molecular weight is 1270 g/mol. The summed E-state index contributed by atoms with van der Waals surface area (Å²) in [5, 5.41) is 1.08. The highest BCUT2D eigenvalue weighted by atomic mass is 32.1. The van der Waals surface area contributed by atoms with Gasteiger partial charge in [-0.05, 0) is 132 Å². The molecule has 0 N–H and O–H groups in total. The molecule has 500 valence electrons. The van der Waals surface area contributed by atoms with Crippen molar-refractivity contribution in [2.24, 2.45) is 21.1 Å². The summed E-state index contributed by atoms with van der Waals surface area (Å²) in [5.41, 5.74) is 13.1. The first-order chi connectivity index (χ1) is 44.7. The molecule has 0 amide bonds. The molecule has 13 heterocycles. The number of hydrogen-bond acceptors (Lipinski definition) is 14. The zero-order valence-electron chi connectivity index (χ0n) is 61.3. The van der Waals surface area contributed by atoms with Crippen LogP contribution < -0.4 is 0 Å². The van der Waals surface area contributed by atoms with Crippen LogP contribution in [0.15, 0.2) is 151 Å². The van der Waals surface area contributed by atoms with Crippen molar-refractivity contribution in [3.8, 4) is 0 Å². The normalized spacial score (nSPS) is 9.14. The molecule has 1 aromatic carbocycles. The van der Waals surface area contributed by atoms with Crippen LogP contribution in [0, 0.1) is 55.4 Å². The molecule has 0 atom stereocenters. The SMILES string of the molecule is CC.CC.CC.CC.CC.CC.CC.CC.CC.Cc1ccc2nc(C)n(C)c2c1.Cc1ccc2nccn2c1.Cc1cnc2nccn2c1.Cc1nc2cccnc2n1C.Cc1nc2cccnc2n1C.Cc1nc2ncccc2o1.Cc1nc2ncccc2s1. The lowest BCUT2D eigenvalue weighted by atomic mass is 10.2. The van der Waals surface area contributed by atoms with Crippen LogP contribution in [-0.4, -0.2) is 82.3 Å². The number of nitrogens with zero attached hydrogens (tertiary/aromatic N) is 17. The monoisotopic (exact) mass is 1270 g/mol. The highest BCUT2D eigenvalue weighted by molar-refractivity contribution is 7.18. The Labute approximate surface area is 554 Å². The van der Waals surface area contributed by atoms with E-state index in [1.165, 1.54) is 21.3 Å². The topological polar surface area (TPSA) is 191 Å². The lowest BCUT2D eigenvalue weighted by molar-refractivity contribution is 0.561. The molecule has 18 nitrogen and oxygen atoms in total. The third-order valence-electron chi connectivity index (χ3n) is 11.4. The van der Waals surface area contributed by atoms with E-state index in [9.17, 15) is 0 Å². The number of oxazole rings is 1. The Bertz CT molecular complexity index is 3820. The lowest BCUT2D eigenvalue weighted by Gasteiger charge is -1.96. The van der Waals surface area contributed by atoms with E-state index >= 15 is 0 Å². The van der Waals surface area contributed by atoms with Gasteiger partial charge in [0, 0.05) is 96.2 Å². The fourth-order valence-electron chi connectivity index (χ4n) is 7.40. The van der Waals surface area contributed by atoms with Crippen molar-refractivity contribution in [1.29, 1.82) is 0 Å². The minimum absolute atomic E-state index is 0.661. The lowest BCUT2D eigenvalue weighted by Crippen LogP contribution is -1.91. The molecule has 0 spiro atoms. The van der Waals surface area contributed by atoms with Crippen molar-refractivity contribution in [3.05, 3.63) is 192 Å². The van der Waals surface area contributed by atoms with E-state index in [4.69, 9.17) is 4.42 Å². The summed E-state index contributed by atoms with van der Waals surface area (Å²) in [5.74, 6) is 4.48. The largest absolute Gasteiger partial charge is 0.439 e. The summed E-state index contributed by atoms with van der Waals surface area (Å²) < 4.78 is 16.3. The first kappa shape index (κ1) is 85.0. The molecule has 0 radical (unpaired) electrons. The Kier molecular flexibility index (Phi) is 45.9. The van der Waals surface area contributed by atoms with Crippen molar-refractivity contribution < 1.29 is 4.42 Å². The summed E-state index contributed by atoms with van der Waals surface area (Å²) >= 11 is 1.68. The minimum Gasteiger partial charge on any atom is -0.439 e. The Morgan fingerprint density at radius 2 is 0.848 bits per heavy atom. The van der Waals surface area contributed by atoms with Gasteiger partial charge in [0.25, 0.3) is 0 Å². The second kappa shape index (κ2) is 49.7. The van der Waals surface area contributed by atoms with Crippen LogP contribution in [0.4, 0.5) is 0 Å². The number of benzene rings is 1. The van der Waals surface area contributed by atoms with E-state index in [-0.39, 0.29) is 0 Å². The van der Waals surface area contributed by atoms with Gasteiger partial charge >= 0.3 is 0 Å². The molecular formula is C73H111N17OS. The number of rotatable bonds is 0. The van der Waals surface area contributed by atoms with Crippen LogP contribution in [0.2, 0.25) is 0 Å². The van der Waals surface area contributed by atoms with Crippen LogP contribution in [-0.2, 0) is 21.1 Å². The van der Waals surface area contributed by atoms with Crippen molar-refractivity contribution >= 4 is 77.7 Å². The molecule has 0 aliphatic rings. The van der Waals surface area contributed by atoms with Crippen LogP contribution in [0.25, 0.3) is 66.4 Å². The van der Waals surface area contributed by atoms with Crippen LogP contribution in [0.1, 0.15) is 170 Å². The number of fused-ring (bicyclic) bond motifs is 7. The quantitative estimate of drug-likeness (QED) is 0.139. The van der Waals surface area contributed by atoms with Gasteiger partial charge < -0.3 is 22.5 Å². The van der Waals surface area contributed by atoms with Gasteiger partial charge in [-0.15, -0.1) is 11.3 Å². The average Bonchev–Trinajstić information content (AvgIpc) is 1.79. The highest BCUT2D eigenvalue weighted by Crippen LogP contribution is 2.19. The molecule has 0 aliphatic carbocycles. The third-order valence-corrected chi connectivity index (χ3v) is 12.3. The van der Waals surface area contributed by atoms with Gasteiger partial charge in [0.2, 0.25) is 5.78 Å². The minimum atomic E-state index is 0.661. The molecular weight excluding hydrogens is 1160 g/mol. The molecule has 14 aromatic rings. The number of pyridine rings is 5. The summed E-state index contributed by atoms with van der Waals surface area (Å²) in [7, 11) is 5.99. The van der Waals surface area contributed by atoms with Crippen molar-refractivity contribution in [3.63, 3.8) is 0 Å².